The molecule has 1 amide bonds. The first-order chi connectivity index (χ1) is 10.2. The maximum absolute atomic E-state index is 12.1. The molecular formula is C15H22N2O2S2. The van der Waals surface area contributed by atoms with Gasteiger partial charge in [-0.1, -0.05) is 11.3 Å². The minimum absolute atomic E-state index is 0.0720. The maximum Gasteiger partial charge on any atom is 0.302 e. The standard InChI is InChI=1S/C15H22N2O2S2/c1-2-21(19)15-17-9-13(20-15)14(18)16-8-7-12-10-3-4-11(12)6-5-10/h9-12H,2-8H2,1H3,(H,16,18). The summed E-state index contributed by atoms with van der Waals surface area (Å²) in [6, 6.07) is 0. The zero-order chi connectivity index (χ0) is 14.8. The SMILES string of the molecule is CC[S+]([O-])c1ncc(C(=O)NCCC2C3CCC2CC3)s1. The predicted octanol–water partition coefficient (Wildman–Crippen LogP) is 2.83. The maximum atomic E-state index is 12.1. The largest absolute Gasteiger partial charge is 0.610 e. The van der Waals surface area contributed by atoms with Crippen LogP contribution < -0.4 is 5.32 Å². The summed E-state index contributed by atoms with van der Waals surface area (Å²) in [4.78, 5) is 16.7. The van der Waals surface area contributed by atoms with Gasteiger partial charge in [0.2, 0.25) is 0 Å². The van der Waals surface area contributed by atoms with Gasteiger partial charge in [-0.15, -0.1) is 0 Å². The Balaban J connectivity index is 1.47. The van der Waals surface area contributed by atoms with Crippen molar-refractivity contribution in [3.8, 4) is 0 Å². The Hall–Kier alpha value is -0.590. The van der Waals surface area contributed by atoms with E-state index in [0.717, 1.165) is 30.7 Å². The van der Waals surface area contributed by atoms with Crippen molar-refractivity contribution >= 4 is 28.4 Å². The van der Waals surface area contributed by atoms with Crippen LogP contribution in [0.1, 0.15) is 48.7 Å². The van der Waals surface area contributed by atoms with Crippen LogP contribution in [0.15, 0.2) is 10.5 Å². The van der Waals surface area contributed by atoms with Gasteiger partial charge in [-0.3, -0.25) is 4.79 Å². The van der Waals surface area contributed by atoms with Crippen molar-refractivity contribution in [1.82, 2.24) is 10.3 Å². The van der Waals surface area contributed by atoms with E-state index >= 15 is 0 Å². The Kier molecular flexibility index (Phi) is 4.86. The third-order valence-corrected chi connectivity index (χ3v) is 7.57. The lowest BCUT2D eigenvalue weighted by Gasteiger charge is -2.15. The molecule has 0 spiro atoms. The number of amides is 1. The average molecular weight is 326 g/mol. The van der Waals surface area contributed by atoms with Crippen molar-refractivity contribution in [3.05, 3.63) is 11.1 Å². The molecule has 2 fully saturated rings. The Bertz CT molecular complexity index is 486. The zero-order valence-electron chi connectivity index (χ0n) is 12.3. The highest BCUT2D eigenvalue weighted by molar-refractivity contribution is 7.93. The molecule has 0 radical (unpaired) electrons. The van der Waals surface area contributed by atoms with Gasteiger partial charge in [0.25, 0.3) is 5.91 Å². The van der Waals surface area contributed by atoms with E-state index in [4.69, 9.17) is 0 Å². The molecule has 1 atom stereocenters. The molecule has 3 rings (SSSR count). The third kappa shape index (κ3) is 3.27. The smallest absolute Gasteiger partial charge is 0.302 e. The number of nitrogens with zero attached hydrogens (tertiary/aromatic N) is 1. The van der Waals surface area contributed by atoms with Crippen LogP contribution in [0, 0.1) is 17.8 Å². The minimum atomic E-state index is -1.07. The molecule has 0 aromatic carbocycles. The molecule has 2 aliphatic rings. The van der Waals surface area contributed by atoms with E-state index in [2.05, 4.69) is 10.3 Å². The highest BCUT2D eigenvalue weighted by Crippen LogP contribution is 2.50. The summed E-state index contributed by atoms with van der Waals surface area (Å²) in [6.07, 6.45) is 8.22. The highest BCUT2D eigenvalue weighted by Gasteiger charge is 2.40. The normalized spacial score (nSPS) is 28.8. The second-order valence-electron chi connectivity index (χ2n) is 6.01. The van der Waals surface area contributed by atoms with E-state index in [1.165, 1.54) is 37.0 Å². The van der Waals surface area contributed by atoms with Gasteiger partial charge >= 0.3 is 4.34 Å². The van der Waals surface area contributed by atoms with Gasteiger partial charge in [-0.2, -0.15) is 4.98 Å². The summed E-state index contributed by atoms with van der Waals surface area (Å²) in [5, 5.41) is 3.00. The Labute approximate surface area is 132 Å². The van der Waals surface area contributed by atoms with Gasteiger partial charge in [0.15, 0.2) is 0 Å². The first-order valence-electron chi connectivity index (χ1n) is 7.81. The number of hydrogen-bond donors (Lipinski definition) is 1. The Morgan fingerprint density at radius 3 is 2.71 bits per heavy atom. The van der Waals surface area contributed by atoms with Crippen molar-refractivity contribution in [2.24, 2.45) is 17.8 Å². The molecular weight excluding hydrogens is 304 g/mol. The lowest BCUT2D eigenvalue weighted by atomic mass is 9.94. The van der Waals surface area contributed by atoms with Crippen molar-refractivity contribution in [2.75, 3.05) is 12.3 Å². The molecule has 1 N–H and O–H groups in total. The summed E-state index contributed by atoms with van der Waals surface area (Å²) in [7, 11) is 0. The number of carbonyl (C=O) groups is 1. The van der Waals surface area contributed by atoms with E-state index in [0.29, 0.717) is 15.0 Å². The van der Waals surface area contributed by atoms with Crippen molar-refractivity contribution in [2.45, 2.75) is 43.4 Å². The summed E-state index contributed by atoms with van der Waals surface area (Å²) < 4.78 is 12.2. The molecule has 0 aliphatic heterocycles. The second-order valence-corrected chi connectivity index (χ2v) is 8.95. The lowest BCUT2D eigenvalue weighted by Crippen LogP contribution is -2.26. The quantitative estimate of drug-likeness (QED) is 0.818. The Morgan fingerprint density at radius 2 is 2.10 bits per heavy atom. The van der Waals surface area contributed by atoms with Crippen LogP contribution in [0.2, 0.25) is 0 Å². The van der Waals surface area contributed by atoms with E-state index in [9.17, 15) is 9.35 Å². The fourth-order valence-corrected chi connectivity index (χ4v) is 5.86. The number of rotatable bonds is 6. The molecule has 116 valence electrons. The van der Waals surface area contributed by atoms with Crippen molar-refractivity contribution in [3.63, 3.8) is 0 Å². The van der Waals surface area contributed by atoms with Crippen molar-refractivity contribution < 1.29 is 9.35 Å². The number of nitrogens with one attached hydrogen (secondary N) is 1. The summed E-state index contributed by atoms with van der Waals surface area (Å²) in [5.74, 6) is 3.12. The molecule has 21 heavy (non-hydrogen) atoms. The summed E-state index contributed by atoms with van der Waals surface area (Å²) in [5.41, 5.74) is 0. The molecule has 0 saturated heterocycles. The van der Waals surface area contributed by atoms with E-state index in [1.807, 2.05) is 6.92 Å². The monoisotopic (exact) mass is 326 g/mol. The number of thiazole rings is 1. The van der Waals surface area contributed by atoms with Gasteiger partial charge in [0.05, 0.1) is 6.20 Å². The van der Waals surface area contributed by atoms with Gasteiger partial charge in [0, 0.05) is 17.7 Å². The molecule has 2 bridgehead atoms. The fourth-order valence-electron chi connectivity index (χ4n) is 3.89. The molecule has 2 saturated carbocycles. The van der Waals surface area contributed by atoms with Gasteiger partial charge < -0.3 is 9.87 Å². The topological polar surface area (TPSA) is 65.0 Å². The molecule has 1 aromatic heterocycles. The highest BCUT2D eigenvalue weighted by atomic mass is 32.2. The third-order valence-electron chi connectivity index (χ3n) is 4.96. The number of hydrogen-bond acceptors (Lipinski definition) is 4. The van der Waals surface area contributed by atoms with Gasteiger partial charge in [-0.05, 0) is 56.8 Å². The van der Waals surface area contributed by atoms with Crippen LogP contribution in [0.3, 0.4) is 0 Å². The van der Waals surface area contributed by atoms with Gasteiger partial charge in [-0.25, -0.2) is 0 Å². The number of carbonyl (C=O) groups excluding carboxylic acids is 1. The van der Waals surface area contributed by atoms with Crippen LogP contribution in [0.25, 0.3) is 0 Å². The fraction of sp³-hybridized carbons (Fsp3) is 0.733. The number of aromatic nitrogens is 1. The lowest BCUT2D eigenvalue weighted by molar-refractivity contribution is 0.0954. The van der Waals surface area contributed by atoms with Crippen LogP contribution in [0.5, 0.6) is 0 Å². The molecule has 1 heterocycles. The Morgan fingerprint density at radius 1 is 1.43 bits per heavy atom. The van der Waals surface area contributed by atoms with Crippen LogP contribution in [-0.4, -0.2) is 27.7 Å². The van der Waals surface area contributed by atoms with Crippen molar-refractivity contribution in [1.29, 1.82) is 0 Å². The number of fused-ring (bicyclic) bond motifs is 2. The zero-order valence-corrected chi connectivity index (χ0v) is 14.0. The summed E-state index contributed by atoms with van der Waals surface area (Å²) in [6.45, 7) is 2.60. The van der Waals surface area contributed by atoms with E-state index in [-0.39, 0.29) is 5.91 Å². The van der Waals surface area contributed by atoms with Crippen LogP contribution >= 0.6 is 11.3 Å². The van der Waals surface area contributed by atoms with Gasteiger partial charge in [0.1, 0.15) is 10.6 Å². The predicted molar refractivity (Wildman–Crippen MR) is 85.0 cm³/mol. The average Bonchev–Trinajstić information content (AvgIpc) is 3.22. The minimum Gasteiger partial charge on any atom is -0.610 e. The molecule has 1 unspecified atom stereocenters. The molecule has 2 aliphatic carbocycles. The van der Waals surface area contributed by atoms with E-state index in [1.54, 1.807) is 6.20 Å². The van der Waals surface area contributed by atoms with E-state index < -0.39 is 11.2 Å². The molecule has 4 nitrogen and oxygen atoms in total. The van der Waals surface area contributed by atoms with Crippen LogP contribution in [-0.2, 0) is 11.2 Å². The molecule has 1 aromatic rings. The first-order valence-corrected chi connectivity index (χ1v) is 9.95. The summed E-state index contributed by atoms with van der Waals surface area (Å²) >= 11 is 0.179. The first kappa shape index (κ1) is 15.3. The van der Waals surface area contributed by atoms with Crippen LogP contribution in [0.4, 0.5) is 0 Å². The molecule has 6 heteroatoms. The second kappa shape index (κ2) is 6.67.